The summed E-state index contributed by atoms with van der Waals surface area (Å²) in [7, 11) is 0. The van der Waals surface area contributed by atoms with E-state index in [4.69, 9.17) is 9.72 Å². The van der Waals surface area contributed by atoms with Crippen LogP contribution in [0.25, 0.3) is 0 Å². The highest BCUT2D eigenvalue weighted by atomic mass is 32.1. The van der Waals surface area contributed by atoms with E-state index in [1.165, 1.54) is 10.4 Å². The topological polar surface area (TPSA) is 61.5 Å². The van der Waals surface area contributed by atoms with Crippen molar-refractivity contribution >= 4 is 17.3 Å². The second-order valence-corrected chi connectivity index (χ2v) is 7.40. The van der Waals surface area contributed by atoms with Crippen LogP contribution >= 0.6 is 11.3 Å². The van der Waals surface area contributed by atoms with Gasteiger partial charge in [0.15, 0.2) is 0 Å². The number of hydrogen-bond acceptors (Lipinski definition) is 6. The molecule has 0 atom stereocenters. The Morgan fingerprint density at radius 1 is 1.33 bits per heavy atom. The van der Waals surface area contributed by atoms with Crippen LogP contribution in [0, 0.1) is 6.92 Å². The molecule has 128 valence electrons. The highest BCUT2D eigenvalue weighted by Gasteiger charge is 2.23. The summed E-state index contributed by atoms with van der Waals surface area (Å²) in [6, 6.07) is 2.16. The van der Waals surface area contributed by atoms with Gasteiger partial charge in [0.1, 0.15) is 0 Å². The summed E-state index contributed by atoms with van der Waals surface area (Å²) in [4.78, 5) is 26.1. The number of rotatable bonds is 3. The third kappa shape index (κ3) is 3.11. The lowest BCUT2D eigenvalue weighted by molar-refractivity contribution is 0.122. The van der Waals surface area contributed by atoms with Gasteiger partial charge in [-0.15, -0.1) is 11.3 Å². The molecule has 4 heterocycles. The maximum Gasteiger partial charge on any atom is 0.255 e. The van der Waals surface area contributed by atoms with E-state index in [0.717, 1.165) is 50.4 Å². The number of nitrogens with one attached hydrogen (secondary N) is 1. The molecule has 1 saturated heterocycles. The standard InChI is InChI=1S/C17H22N4O2S/c1-12-3-9-24-15(12)11-20-4-2-13-14(10-20)18-17(19-16(13)22)21-5-7-23-8-6-21/h3,9H,2,4-8,10-11H2,1H3,(H,18,19,22). The number of hydrogen-bond donors (Lipinski definition) is 1. The third-order valence-electron chi connectivity index (χ3n) is 4.79. The lowest BCUT2D eigenvalue weighted by Gasteiger charge is -2.30. The Bertz CT molecular complexity index is 779. The van der Waals surface area contributed by atoms with Crippen LogP contribution in [0.3, 0.4) is 0 Å². The van der Waals surface area contributed by atoms with E-state index in [0.29, 0.717) is 19.2 Å². The first-order valence-corrected chi connectivity index (χ1v) is 9.29. The van der Waals surface area contributed by atoms with Gasteiger partial charge in [-0.25, -0.2) is 4.98 Å². The maximum absolute atomic E-state index is 12.4. The minimum atomic E-state index is 0.0217. The highest BCUT2D eigenvalue weighted by Crippen LogP contribution is 2.22. The highest BCUT2D eigenvalue weighted by molar-refractivity contribution is 7.10. The molecule has 6 nitrogen and oxygen atoms in total. The quantitative estimate of drug-likeness (QED) is 0.913. The van der Waals surface area contributed by atoms with Crippen LogP contribution in [0.2, 0.25) is 0 Å². The first-order valence-electron chi connectivity index (χ1n) is 8.41. The zero-order chi connectivity index (χ0) is 16.5. The Kier molecular flexibility index (Phi) is 4.39. The smallest absolute Gasteiger partial charge is 0.255 e. The molecule has 2 aliphatic heterocycles. The van der Waals surface area contributed by atoms with Gasteiger partial charge in [0.25, 0.3) is 5.56 Å². The van der Waals surface area contributed by atoms with E-state index in [1.807, 2.05) is 0 Å². The fourth-order valence-corrected chi connectivity index (χ4v) is 4.26. The number of morpholine rings is 1. The normalized spacial score (nSPS) is 18.6. The minimum Gasteiger partial charge on any atom is -0.378 e. The number of ether oxygens (including phenoxy) is 1. The molecule has 1 N–H and O–H groups in total. The molecular formula is C17H22N4O2S. The number of nitrogens with zero attached hydrogens (tertiary/aromatic N) is 3. The number of anilines is 1. The van der Waals surface area contributed by atoms with Crippen molar-refractivity contribution in [3.8, 4) is 0 Å². The van der Waals surface area contributed by atoms with Gasteiger partial charge in [-0.3, -0.25) is 14.7 Å². The van der Waals surface area contributed by atoms with E-state index < -0.39 is 0 Å². The Morgan fingerprint density at radius 3 is 2.92 bits per heavy atom. The van der Waals surface area contributed by atoms with Gasteiger partial charge in [-0.2, -0.15) is 0 Å². The Morgan fingerprint density at radius 2 is 2.17 bits per heavy atom. The average Bonchev–Trinajstić information content (AvgIpc) is 3.00. The predicted octanol–water partition coefficient (Wildman–Crippen LogP) is 1.53. The van der Waals surface area contributed by atoms with Gasteiger partial charge >= 0.3 is 0 Å². The van der Waals surface area contributed by atoms with Gasteiger partial charge in [0, 0.05) is 43.2 Å². The van der Waals surface area contributed by atoms with Crippen molar-refractivity contribution in [2.75, 3.05) is 37.7 Å². The molecule has 0 amide bonds. The average molecular weight is 346 g/mol. The van der Waals surface area contributed by atoms with Crippen molar-refractivity contribution in [2.45, 2.75) is 26.4 Å². The molecule has 0 spiro atoms. The van der Waals surface area contributed by atoms with Crippen molar-refractivity contribution < 1.29 is 4.74 Å². The van der Waals surface area contributed by atoms with Crippen LogP contribution in [0.5, 0.6) is 0 Å². The van der Waals surface area contributed by atoms with E-state index in [-0.39, 0.29) is 5.56 Å². The van der Waals surface area contributed by atoms with Crippen molar-refractivity contribution in [1.29, 1.82) is 0 Å². The van der Waals surface area contributed by atoms with Crippen LogP contribution in [-0.4, -0.2) is 47.7 Å². The fraction of sp³-hybridized carbons (Fsp3) is 0.529. The third-order valence-corrected chi connectivity index (χ3v) is 5.79. The summed E-state index contributed by atoms with van der Waals surface area (Å²) < 4.78 is 5.38. The summed E-state index contributed by atoms with van der Waals surface area (Å²) in [5, 5.41) is 2.14. The zero-order valence-corrected chi connectivity index (χ0v) is 14.7. The molecule has 4 rings (SSSR count). The van der Waals surface area contributed by atoms with Crippen molar-refractivity contribution in [3.05, 3.63) is 43.5 Å². The molecule has 0 saturated carbocycles. The maximum atomic E-state index is 12.4. The summed E-state index contributed by atoms with van der Waals surface area (Å²) in [6.07, 6.45) is 0.769. The fourth-order valence-electron chi connectivity index (χ4n) is 3.31. The molecule has 0 radical (unpaired) electrons. The first-order chi connectivity index (χ1) is 11.7. The number of aromatic nitrogens is 2. The molecule has 2 aromatic heterocycles. The van der Waals surface area contributed by atoms with Gasteiger partial charge in [0.05, 0.1) is 18.9 Å². The second-order valence-electron chi connectivity index (χ2n) is 6.40. The van der Waals surface area contributed by atoms with E-state index in [9.17, 15) is 4.79 Å². The molecule has 7 heteroatoms. The number of aromatic amines is 1. The van der Waals surface area contributed by atoms with E-state index >= 15 is 0 Å². The first kappa shape index (κ1) is 15.8. The molecule has 0 aliphatic carbocycles. The number of H-pyrrole nitrogens is 1. The van der Waals surface area contributed by atoms with Gasteiger partial charge in [-0.05, 0) is 30.4 Å². The molecule has 2 aromatic rings. The Balaban J connectivity index is 1.56. The van der Waals surface area contributed by atoms with Crippen molar-refractivity contribution in [1.82, 2.24) is 14.9 Å². The van der Waals surface area contributed by atoms with Crippen molar-refractivity contribution in [3.63, 3.8) is 0 Å². The molecule has 24 heavy (non-hydrogen) atoms. The van der Waals surface area contributed by atoms with E-state index in [1.54, 1.807) is 11.3 Å². The lowest BCUT2D eigenvalue weighted by atomic mass is 10.1. The summed E-state index contributed by atoms with van der Waals surface area (Å²) in [5.41, 5.74) is 3.15. The molecule has 2 aliphatic rings. The summed E-state index contributed by atoms with van der Waals surface area (Å²) >= 11 is 1.80. The van der Waals surface area contributed by atoms with Crippen LogP contribution in [0.4, 0.5) is 5.95 Å². The monoisotopic (exact) mass is 346 g/mol. The second kappa shape index (κ2) is 6.66. The van der Waals surface area contributed by atoms with Gasteiger partial charge < -0.3 is 9.64 Å². The molecule has 1 fully saturated rings. The van der Waals surface area contributed by atoms with Gasteiger partial charge in [-0.1, -0.05) is 0 Å². The number of fused-ring (bicyclic) bond motifs is 1. The molecule has 0 aromatic carbocycles. The molecule has 0 bridgehead atoms. The Labute approximate surface area is 145 Å². The molecular weight excluding hydrogens is 324 g/mol. The minimum absolute atomic E-state index is 0.0217. The van der Waals surface area contributed by atoms with Crippen LogP contribution in [0.1, 0.15) is 21.7 Å². The van der Waals surface area contributed by atoms with E-state index in [2.05, 4.69) is 33.2 Å². The Hall–Kier alpha value is -1.70. The lowest BCUT2D eigenvalue weighted by Crippen LogP contribution is -2.40. The number of thiophene rings is 1. The summed E-state index contributed by atoms with van der Waals surface area (Å²) in [5.74, 6) is 0.691. The predicted molar refractivity (Wildman–Crippen MR) is 94.8 cm³/mol. The summed E-state index contributed by atoms with van der Waals surface area (Å²) in [6.45, 7) is 7.67. The van der Waals surface area contributed by atoms with Crippen molar-refractivity contribution in [2.24, 2.45) is 0 Å². The van der Waals surface area contributed by atoms with Crippen LogP contribution in [0.15, 0.2) is 16.2 Å². The largest absolute Gasteiger partial charge is 0.378 e. The zero-order valence-electron chi connectivity index (χ0n) is 13.9. The van der Waals surface area contributed by atoms with Crippen LogP contribution in [-0.2, 0) is 24.2 Å². The van der Waals surface area contributed by atoms with Gasteiger partial charge in [0.2, 0.25) is 5.95 Å². The number of aryl methyl sites for hydroxylation is 1. The molecule has 0 unspecified atom stereocenters. The van der Waals surface area contributed by atoms with Crippen LogP contribution < -0.4 is 10.5 Å². The SMILES string of the molecule is Cc1ccsc1CN1CCc2c(nc(N3CCOCC3)[nH]c2=O)C1.